The Labute approximate surface area is 172 Å². The number of aromatic nitrogens is 2. The normalized spacial score (nSPS) is 11.5. The zero-order chi connectivity index (χ0) is 20.6. The third kappa shape index (κ3) is 3.62. The lowest BCUT2D eigenvalue weighted by molar-refractivity contribution is 0.601. The summed E-state index contributed by atoms with van der Waals surface area (Å²) in [7, 11) is -3.83. The fourth-order valence-electron chi connectivity index (χ4n) is 3.08. The molecule has 0 aliphatic carbocycles. The van der Waals surface area contributed by atoms with Gasteiger partial charge in [0.1, 0.15) is 5.82 Å². The van der Waals surface area contributed by atoms with Crippen molar-refractivity contribution >= 4 is 38.2 Å². The Kier molecular flexibility index (Phi) is 4.86. The van der Waals surface area contributed by atoms with E-state index < -0.39 is 10.0 Å². The van der Waals surface area contributed by atoms with Crippen LogP contribution in [0.1, 0.15) is 5.82 Å². The number of fused-ring (bicyclic) bond motifs is 1. The summed E-state index contributed by atoms with van der Waals surface area (Å²) in [5.41, 5.74) is 0.992. The van der Waals surface area contributed by atoms with E-state index in [1.165, 1.54) is 22.8 Å². The molecule has 1 heterocycles. The summed E-state index contributed by atoms with van der Waals surface area (Å²) in [4.78, 5) is 17.6. The Morgan fingerprint density at radius 3 is 2.41 bits per heavy atom. The van der Waals surface area contributed by atoms with Crippen LogP contribution in [0.3, 0.4) is 0 Å². The molecule has 0 saturated heterocycles. The Hall–Kier alpha value is -3.16. The molecule has 4 rings (SSSR count). The zero-order valence-electron chi connectivity index (χ0n) is 15.3. The lowest BCUT2D eigenvalue weighted by Crippen LogP contribution is -2.22. The van der Waals surface area contributed by atoms with Crippen LogP contribution in [0.4, 0.5) is 5.69 Å². The molecule has 0 radical (unpaired) electrons. The zero-order valence-corrected chi connectivity index (χ0v) is 16.9. The van der Waals surface area contributed by atoms with Crippen LogP contribution in [0.5, 0.6) is 0 Å². The summed E-state index contributed by atoms with van der Waals surface area (Å²) in [5.74, 6) is 0.480. The van der Waals surface area contributed by atoms with Gasteiger partial charge in [0, 0.05) is 0 Å². The van der Waals surface area contributed by atoms with Crippen LogP contribution in [0, 0.1) is 6.92 Å². The van der Waals surface area contributed by atoms with Gasteiger partial charge in [0.05, 0.1) is 32.2 Å². The standard InChI is InChI=1S/C21H16ClN3O3S/c1-14-23-19-10-6-5-9-17(19)21(26)25(14)15-11-12-18(22)20(13-15)24-29(27,28)16-7-3-2-4-8-16/h2-13,24H,1H3. The first-order chi connectivity index (χ1) is 13.9. The minimum Gasteiger partial charge on any atom is -0.278 e. The molecule has 0 fully saturated rings. The number of benzene rings is 3. The van der Waals surface area contributed by atoms with E-state index in [2.05, 4.69) is 9.71 Å². The molecule has 146 valence electrons. The maximum Gasteiger partial charge on any atom is 0.265 e. The van der Waals surface area contributed by atoms with E-state index in [1.54, 1.807) is 55.5 Å². The molecule has 3 aromatic carbocycles. The van der Waals surface area contributed by atoms with Gasteiger partial charge in [0.2, 0.25) is 0 Å². The second-order valence-electron chi connectivity index (χ2n) is 6.40. The Morgan fingerprint density at radius 2 is 1.66 bits per heavy atom. The van der Waals surface area contributed by atoms with E-state index in [-0.39, 0.29) is 21.2 Å². The fraction of sp³-hybridized carbons (Fsp3) is 0.0476. The highest BCUT2D eigenvalue weighted by molar-refractivity contribution is 7.92. The number of nitrogens with zero attached hydrogens (tertiary/aromatic N) is 2. The average Bonchev–Trinajstić information content (AvgIpc) is 2.71. The van der Waals surface area contributed by atoms with E-state index >= 15 is 0 Å². The number of rotatable bonds is 4. The first kappa shape index (κ1) is 19.2. The van der Waals surface area contributed by atoms with Gasteiger partial charge in [-0.05, 0) is 49.4 Å². The molecular weight excluding hydrogens is 410 g/mol. The van der Waals surface area contributed by atoms with Crippen molar-refractivity contribution in [3.8, 4) is 5.69 Å². The fourth-order valence-corrected chi connectivity index (χ4v) is 4.39. The molecule has 4 aromatic rings. The van der Waals surface area contributed by atoms with Crippen molar-refractivity contribution < 1.29 is 8.42 Å². The number of anilines is 1. The van der Waals surface area contributed by atoms with E-state index in [9.17, 15) is 13.2 Å². The number of sulfonamides is 1. The van der Waals surface area contributed by atoms with Gasteiger partial charge in [-0.2, -0.15) is 0 Å². The van der Waals surface area contributed by atoms with Crippen LogP contribution in [0.25, 0.3) is 16.6 Å². The van der Waals surface area contributed by atoms with Crippen LogP contribution in [0.2, 0.25) is 5.02 Å². The van der Waals surface area contributed by atoms with Crippen molar-refractivity contribution in [2.75, 3.05) is 4.72 Å². The molecule has 0 spiro atoms. The summed E-state index contributed by atoms with van der Waals surface area (Å²) in [6, 6.07) is 19.8. The minimum atomic E-state index is -3.83. The van der Waals surface area contributed by atoms with Crippen LogP contribution < -0.4 is 10.3 Å². The van der Waals surface area contributed by atoms with Gasteiger partial charge < -0.3 is 0 Å². The van der Waals surface area contributed by atoms with Crippen LogP contribution in [-0.4, -0.2) is 18.0 Å². The predicted octanol–water partition coefficient (Wildman–Crippen LogP) is 4.15. The van der Waals surface area contributed by atoms with Crippen molar-refractivity contribution in [2.24, 2.45) is 0 Å². The average molecular weight is 426 g/mol. The van der Waals surface area contributed by atoms with E-state index in [1.807, 2.05) is 6.07 Å². The SMILES string of the molecule is Cc1nc2ccccc2c(=O)n1-c1ccc(Cl)c(NS(=O)(=O)c2ccccc2)c1. The molecule has 0 aliphatic rings. The Morgan fingerprint density at radius 1 is 0.966 bits per heavy atom. The molecular formula is C21H16ClN3O3S. The van der Waals surface area contributed by atoms with Gasteiger partial charge in [-0.1, -0.05) is 41.9 Å². The second-order valence-corrected chi connectivity index (χ2v) is 8.49. The molecule has 0 saturated carbocycles. The summed E-state index contributed by atoms with van der Waals surface area (Å²) in [5, 5.41) is 0.687. The van der Waals surface area contributed by atoms with Gasteiger partial charge in [0.15, 0.2) is 0 Å². The van der Waals surface area contributed by atoms with Crippen LogP contribution in [0.15, 0.2) is 82.5 Å². The highest BCUT2D eigenvalue weighted by atomic mass is 35.5. The molecule has 29 heavy (non-hydrogen) atoms. The summed E-state index contributed by atoms with van der Waals surface area (Å²) < 4.78 is 29.2. The topological polar surface area (TPSA) is 81.1 Å². The largest absolute Gasteiger partial charge is 0.278 e. The molecule has 0 aliphatic heterocycles. The minimum absolute atomic E-state index is 0.113. The van der Waals surface area contributed by atoms with Crippen molar-refractivity contribution in [3.05, 3.63) is 94.0 Å². The van der Waals surface area contributed by atoms with Gasteiger partial charge in [0.25, 0.3) is 15.6 Å². The van der Waals surface area contributed by atoms with Gasteiger partial charge >= 0.3 is 0 Å². The first-order valence-electron chi connectivity index (χ1n) is 8.73. The number of para-hydroxylation sites is 1. The van der Waals surface area contributed by atoms with Crippen molar-refractivity contribution in [3.63, 3.8) is 0 Å². The van der Waals surface area contributed by atoms with E-state index in [4.69, 9.17) is 11.6 Å². The number of nitrogens with one attached hydrogen (secondary N) is 1. The number of halogens is 1. The molecule has 0 unspecified atom stereocenters. The van der Waals surface area contributed by atoms with Gasteiger partial charge in [-0.15, -0.1) is 0 Å². The highest BCUT2D eigenvalue weighted by Crippen LogP contribution is 2.27. The third-order valence-corrected chi connectivity index (χ3v) is 6.16. The van der Waals surface area contributed by atoms with Crippen LogP contribution >= 0.6 is 11.6 Å². The van der Waals surface area contributed by atoms with Crippen molar-refractivity contribution in [1.29, 1.82) is 0 Å². The maximum absolute atomic E-state index is 13.0. The van der Waals surface area contributed by atoms with E-state index in [0.717, 1.165) is 0 Å². The van der Waals surface area contributed by atoms with Gasteiger partial charge in [-0.3, -0.25) is 14.1 Å². The smallest absolute Gasteiger partial charge is 0.265 e. The molecule has 0 amide bonds. The lowest BCUT2D eigenvalue weighted by atomic mass is 10.2. The second kappa shape index (κ2) is 7.35. The van der Waals surface area contributed by atoms with Gasteiger partial charge in [-0.25, -0.2) is 13.4 Å². The number of hydrogen-bond donors (Lipinski definition) is 1. The highest BCUT2D eigenvalue weighted by Gasteiger charge is 2.17. The quantitative estimate of drug-likeness (QED) is 0.532. The summed E-state index contributed by atoms with van der Waals surface area (Å²) >= 11 is 6.22. The molecule has 0 atom stereocenters. The molecule has 1 aromatic heterocycles. The van der Waals surface area contributed by atoms with Crippen molar-refractivity contribution in [1.82, 2.24) is 9.55 Å². The van der Waals surface area contributed by atoms with E-state index in [0.29, 0.717) is 22.4 Å². The number of aryl methyl sites for hydroxylation is 1. The maximum atomic E-state index is 13.0. The Balaban J connectivity index is 1.83. The molecule has 0 bridgehead atoms. The first-order valence-corrected chi connectivity index (χ1v) is 10.6. The molecule has 6 nitrogen and oxygen atoms in total. The predicted molar refractivity (Wildman–Crippen MR) is 114 cm³/mol. The molecule has 1 N–H and O–H groups in total. The van der Waals surface area contributed by atoms with Crippen molar-refractivity contribution in [2.45, 2.75) is 11.8 Å². The monoisotopic (exact) mass is 425 g/mol. The Bertz CT molecular complexity index is 1380. The summed E-state index contributed by atoms with van der Waals surface area (Å²) in [6.45, 7) is 1.72. The molecule has 8 heteroatoms. The summed E-state index contributed by atoms with van der Waals surface area (Å²) in [6.07, 6.45) is 0. The lowest BCUT2D eigenvalue weighted by Gasteiger charge is -2.14. The number of hydrogen-bond acceptors (Lipinski definition) is 4. The van der Waals surface area contributed by atoms with Crippen LogP contribution in [-0.2, 0) is 10.0 Å². The third-order valence-electron chi connectivity index (χ3n) is 4.45.